The second-order valence-electron chi connectivity index (χ2n) is 12.6. The molecule has 3 saturated heterocycles. The van der Waals surface area contributed by atoms with Gasteiger partial charge in [-0.3, -0.25) is 14.4 Å². The van der Waals surface area contributed by atoms with Crippen molar-refractivity contribution in [2.45, 2.75) is 95.4 Å². The highest BCUT2D eigenvalue weighted by atomic mass is 16.5. The van der Waals surface area contributed by atoms with Crippen molar-refractivity contribution in [2.24, 2.45) is 11.8 Å². The van der Waals surface area contributed by atoms with E-state index in [0.29, 0.717) is 12.2 Å². The third-order valence-electron chi connectivity index (χ3n) is 9.97. The van der Waals surface area contributed by atoms with Crippen molar-refractivity contribution in [1.29, 1.82) is 0 Å². The zero-order valence-corrected chi connectivity index (χ0v) is 24.0. The van der Waals surface area contributed by atoms with Crippen molar-refractivity contribution in [3.05, 3.63) is 41.5 Å². The summed E-state index contributed by atoms with van der Waals surface area (Å²) in [6.07, 6.45) is 13.2. The largest absolute Gasteiger partial charge is 0.359 e. The Balaban J connectivity index is 1.24. The lowest BCUT2D eigenvalue weighted by Gasteiger charge is -2.34. The summed E-state index contributed by atoms with van der Waals surface area (Å²) in [7, 11) is 0. The summed E-state index contributed by atoms with van der Waals surface area (Å²) in [6.45, 7) is 7.65. The lowest BCUT2D eigenvalue weighted by Crippen LogP contribution is -2.56. The smallest absolute Gasteiger partial charge is 0.246 e. The van der Waals surface area contributed by atoms with Crippen LogP contribution in [0.5, 0.6) is 0 Å². The lowest BCUT2D eigenvalue weighted by atomic mass is 9.74. The number of fused-ring (bicyclic) bond motifs is 1. The molecule has 8 heteroatoms. The van der Waals surface area contributed by atoms with Crippen molar-refractivity contribution in [2.75, 3.05) is 31.5 Å². The SMILES string of the molecule is Cc1ccc(NC(=O)C2C3C=CC4(O3)C2C(=O)N(CCCN2CCCCC2)C4C(=O)NC2CCCCC2)cc1C. The van der Waals surface area contributed by atoms with Gasteiger partial charge < -0.3 is 25.2 Å². The highest BCUT2D eigenvalue weighted by Crippen LogP contribution is 2.55. The molecule has 4 aliphatic heterocycles. The molecule has 4 fully saturated rings. The average Bonchev–Trinajstić information content (AvgIpc) is 3.59. The number of anilines is 1. The molecule has 2 N–H and O–H groups in total. The number of ether oxygens (including phenoxy) is 1. The number of carbonyl (C=O) groups is 3. The van der Waals surface area contributed by atoms with Crippen molar-refractivity contribution in [3.8, 4) is 0 Å². The quantitative estimate of drug-likeness (QED) is 0.484. The van der Waals surface area contributed by atoms with E-state index >= 15 is 0 Å². The van der Waals surface area contributed by atoms with Gasteiger partial charge in [-0.05, 0) is 88.8 Å². The Morgan fingerprint density at radius 1 is 0.975 bits per heavy atom. The van der Waals surface area contributed by atoms with Gasteiger partial charge in [-0.15, -0.1) is 0 Å². The van der Waals surface area contributed by atoms with Crippen LogP contribution in [-0.2, 0) is 19.1 Å². The monoisotopic (exact) mass is 548 g/mol. The van der Waals surface area contributed by atoms with E-state index < -0.39 is 29.6 Å². The number of amides is 3. The van der Waals surface area contributed by atoms with Crippen LogP contribution in [0.1, 0.15) is 68.9 Å². The molecule has 5 unspecified atom stereocenters. The summed E-state index contributed by atoms with van der Waals surface area (Å²) < 4.78 is 6.51. The molecule has 1 aromatic carbocycles. The van der Waals surface area contributed by atoms with Crippen LogP contribution in [0.25, 0.3) is 0 Å². The second kappa shape index (κ2) is 11.3. The van der Waals surface area contributed by atoms with Gasteiger partial charge >= 0.3 is 0 Å². The van der Waals surface area contributed by atoms with Crippen molar-refractivity contribution < 1.29 is 19.1 Å². The minimum atomic E-state index is -1.10. The van der Waals surface area contributed by atoms with Gasteiger partial charge in [-0.2, -0.15) is 0 Å². The fraction of sp³-hybridized carbons (Fsp3) is 0.656. The molecule has 40 heavy (non-hydrogen) atoms. The molecule has 1 spiro atoms. The zero-order valence-electron chi connectivity index (χ0n) is 24.0. The minimum Gasteiger partial charge on any atom is -0.359 e. The van der Waals surface area contributed by atoms with Gasteiger partial charge in [-0.1, -0.05) is 43.9 Å². The number of rotatable bonds is 8. The second-order valence-corrected chi connectivity index (χ2v) is 12.6. The van der Waals surface area contributed by atoms with Crippen molar-refractivity contribution in [1.82, 2.24) is 15.1 Å². The molecule has 3 amide bonds. The molecule has 1 aliphatic carbocycles. The molecular weight excluding hydrogens is 504 g/mol. The Morgan fingerprint density at radius 3 is 2.48 bits per heavy atom. The van der Waals surface area contributed by atoms with Gasteiger partial charge in [0, 0.05) is 18.3 Å². The molecule has 4 heterocycles. The number of hydrogen-bond acceptors (Lipinski definition) is 5. The van der Waals surface area contributed by atoms with Gasteiger partial charge in [0.05, 0.1) is 17.9 Å². The molecule has 0 radical (unpaired) electrons. The van der Waals surface area contributed by atoms with Gasteiger partial charge in [0.25, 0.3) is 0 Å². The summed E-state index contributed by atoms with van der Waals surface area (Å²) in [5, 5.41) is 6.33. The Morgan fingerprint density at radius 2 is 1.73 bits per heavy atom. The highest BCUT2D eigenvalue weighted by molar-refractivity contribution is 6.02. The van der Waals surface area contributed by atoms with Gasteiger partial charge in [0.1, 0.15) is 11.6 Å². The van der Waals surface area contributed by atoms with Crippen molar-refractivity contribution in [3.63, 3.8) is 0 Å². The first-order valence-electron chi connectivity index (χ1n) is 15.5. The van der Waals surface area contributed by atoms with Crippen LogP contribution in [0.3, 0.4) is 0 Å². The number of piperidine rings is 1. The number of carbonyl (C=O) groups excluding carboxylic acids is 3. The third-order valence-corrected chi connectivity index (χ3v) is 9.97. The first-order valence-corrected chi connectivity index (χ1v) is 15.5. The number of hydrogen-bond donors (Lipinski definition) is 2. The van der Waals surface area contributed by atoms with Crippen molar-refractivity contribution >= 4 is 23.4 Å². The standard InChI is InChI=1S/C32H44N4O4/c1-21-12-13-24(20-22(21)2)34-29(37)26-25-14-15-32(40-25)27(26)31(39)36(19-9-18-35-16-7-4-8-17-35)28(32)30(38)33-23-10-5-3-6-11-23/h12-15,20,23,25-28H,3-11,16-19H2,1-2H3,(H,33,38)(H,34,37). The maximum Gasteiger partial charge on any atom is 0.246 e. The molecule has 2 bridgehead atoms. The van der Waals surface area contributed by atoms with Gasteiger partial charge in [-0.25, -0.2) is 0 Å². The van der Waals surface area contributed by atoms with Gasteiger partial charge in [0.15, 0.2) is 0 Å². The Kier molecular flexibility index (Phi) is 7.75. The van der Waals surface area contributed by atoms with Crippen LogP contribution in [0.15, 0.2) is 30.4 Å². The number of nitrogens with one attached hydrogen (secondary N) is 2. The molecular formula is C32H44N4O4. The van der Waals surface area contributed by atoms with E-state index in [4.69, 9.17) is 4.74 Å². The maximum absolute atomic E-state index is 14.2. The van der Waals surface area contributed by atoms with E-state index in [1.54, 1.807) is 4.90 Å². The molecule has 5 aliphatic rings. The number of likely N-dealkylation sites (tertiary alicyclic amines) is 2. The highest BCUT2D eigenvalue weighted by Gasteiger charge is 2.72. The summed E-state index contributed by atoms with van der Waals surface area (Å²) in [5.74, 6) is -1.86. The first-order chi connectivity index (χ1) is 19.4. The third kappa shape index (κ3) is 4.98. The van der Waals surface area contributed by atoms with Gasteiger partial charge in [0.2, 0.25) is 17.7 Å². The van der Waals surface area contributed by atoms with E-state index in [0.717, 1.165) is 62.9 Å². The lowest BCUT2D eigenvalue weighted by molar-refractivity contribution is -0.141. The van der Waals surface area contributed by atoms with E-state index in [1.807, 2.05) is 44.2 Å². The molecule has 6 rings (SSSR count). The molecule has 1 aromatic rings. The molecule has 0 aromatic heterocycles. The average molecular weight is 549 g/mol. The molecule has 5 atom stereocenters. The predicted octanol–water partition coefficient (Wildman–Crippen LogP) is 3.72. The van der Waals surface area contributed by atoms with Crippen LogP contribution < -0.4 is 10.6 Å². The maximum atomic E-state index is 14.2. The first kappa shape index (κ1) is 27.5. The summed E-state index contributed by atoms with van der Waals surface area (Å²) in [5.41, 5.74) is 1.86. The van der Waals surface area contributed by atoms with Crippen LogP contribution in [0.4, 0.5) is 5.69 Å². The molecule has 8 nitrogen and oxygen atoms in total. The van der Waals surface area contributed by atoms with Crippen LogP contribution in [0.2, 0.25) is 0 Å². The summed E-state index contributed by atoms with van der Waals surface area (Å²) >= 11 is 0. The van der Waals surface area contributed by atoms with E-state index in [-0.39, 0.29) is 23.8 Å². The van der Waals surface area contributed by atoms with Crippen LogP contribution in [0, 0.1) is 25.7 Å². The van der Waals surface area contributed by atoms with E-state index in [1.165, 1.54) is 25.7 Å². The molecule has 1 saturated carbocycles. The number of benzene rings is 1. The minimum absolute atomic E-state index is 0.130. The Labute approximate surface area is 237 Å². The van der Waals surface area contributed by atoms with E-state index in [2.05, 4.69) is 15.5 Å². The predicted molar refractivity (Wildman–Crippen MR) is 154 cm³/mol. The number of nitrogens with zero attached hydrogens (tertiary/aromatic N) is 2. The van der Waals surface area contributed by atoms with Crippen LogP contribution in [-0.4, -0.2) is 77.5 Å². The van der Waals surface area contributed by atoms with E-state index in [9.17, 15) is 14.4 Å². The molecule has 216 valence electrons. The summed E-state index contributed by atoms with van der Waals surface area (Å²) in [4.78, 5) is 46.0. The normalized spacial score (nSPS) is 31.9. The van der Waals surface area contributed by atoms with Crippen LogP contribution >= 0.6 is 0 Å². The topological polar surface area (TPSA) is 91.0 Å². The fourth-order valence-corrected chi connectivity index (χ4v) is 7.73. The Bertz CT molecular complexity index is 1170. The zero-order chi connectivity index (χ0) is 27.9. The Hall–Kier alpha value is -2.71. The fourth-order valence-electron chi connectivity index (χ4n) is 7.73. The summed E-state index contributed by atoms with van der Waals surface area (Å²) in [6, 6.07) is 5.21. The number of aryl methyl sites for hydroxylation is 2.